The summed E-state index contributed by atoms with van der Waals surface area (Å²) in [7, 11) is 0. The van der Waals surface area contributed by atoms with Crippen LogP contribution < -0.4 is 5.73 Å². The Bertz CT molecular complexity index is 138. The molecule has 13 heavy (non-hydrogen) atoms. The van der Waals surface area contributed by atoms with Crippen molar-refractivity contribution in [1.82, 2.24) is 4.90 Å². The van der Waals surface area contributed by atoms with E-state index in [2.05, 4.69) is 4.90 Å². The molecule has 1 aliphatic carbocycles. The van der Waals surface area contributed by atoms with Crippen molar-refractivity contribution < 1.29 is 0 Å². The van der Waals surface area contributed by atoms with E-state index in [-0.39, 0.29) is 12.4 Å². The van der Waals surface area contributed by atoms with Gasteiger partial charge in [0.25, 0.3) is 0 Å². The lowest BCUT2D eigenvalue weighted by molar-refractivity contribution is 0.182. The predicted octanol–water partition coefficient (Wildman–Crippen LogP) is 1.77. The Kier molecular flexibility index (Phi) is 4.50. The molecule has 1 saturated carbocycles. The van der Waals surface area contributed by atoms with Crippen molar-refractivity contribution in [2.24, 2.45) is 5.73 Å². The van der Waals surface area contributed by atoms with Crippen LogP contribution in [0.3, 0.4) is 0 Å². The fraction of sp³-hybridized carbons (Fsp3) is 1.00. The Balaban J connectivity index is 0.000000845. The van der Waals surface area contributed by atoms with Crippen molar-refractivity contribution in [1.29, 1.82) is 0 Å². The minimum Gasteiger partial charge on any atom is -0.328 e. The van der Waals surface area contributed by atoms with E-state index in [1.54, 1.807) is 0 Å². The van der Waals surface area contributed by atoms with Gasteiger partial charge < -0.3 is 10.6 Å². The highest BCUT2D eigenvalue weighted by molar-refractivity contribution is 5.85. The van der Waals surface area contributed by atoms with E-state index >= 15 is 0 Å². The molecule has 0 unspecified atom stereocenters. The van der Waals surface area contributed by atoms with E-state index in [9.17, 15) is 0 Å². The van der Waals surface area contributed by atoms with Gasteiger partial charge in [-0.2, -0.15) is 0 Å². The van der Waals surface area contributed by atoms with Crippen molar-refractivity contribution in [3.63, 3.8) is 0 Å². The van der Waals surface area contributed by atoms with Gasteiger partial charge >= 0.3 is 0 Å². The van der Waals surface area contributed by atoms with Gasteiger partial charge in [-0.3, -0.25) is 0 Å². The van der Waals surface area contributed by atoms with Gasteiger partial charge in [-0.05, 0) is 51.6 Å². The molecule has 3 heteroatoms. The van der Waals surface area contributed by atoms with E-state index in [0.717, 1.165) is 6.04 Å². The number of hydrogen-bond donors (Lipinski definition) is 1. The van der Waals surface area contributed by atoms with Gasteiger partial charge in [0.1, 0.15) is 0 Å². The number of nitrogens with two attached hydrogens (primary N) is 1. The van der Waals surface area contributed by atoms with Crippen LogP contribution in [0.4, 0.5) is 0 Å². The molecule has 2 N–H and O–H groups in total. The number of halogens is 1. The normalized spacial score (nSPS) is 35.8. The molecule has 1 saturated heterocycles. The van der Waals surface area contributed by atoms with Crippen LogP contribution >= 0.6 is 12.4 Å². The summed E-state index contributed by atoms with van der Waals surface area (Å²) >= 11 is 0. The topological polar surface area (TPSA) is 29.3 Å². The molecule has 0 radical (unpaired) electrons. The van der Waals surface area contributed by atoms with Crippen LogP contribution in [0.15, 0.2) is 0 Å². The molecule has 78 valence electrons. The molecule has 0 aromatic rings. The van der Waals surface area contributed by atoms with E-state index in [1.807, 2.05) is 0 Å². The minimum absolute atomic E-state index is 0. The number of nitrogens with zero attached hydrogens (tertiary/aromatic N) is 1. The van der Waals surface area contributed by atoms with Crippen LogP contribution in [0.1, 0.15) is 38.5 Å². The van der Waals surface area contributed by atoms with E-state index in [4.69, 9.17) is 5.73 Å². The highest BCUT2D eigenvalue weighted by Gasteiger charge is 2.25. The van der Waals surface area contributed by atoms with Crippen LogP contribution in [-0.4, -0.2) is 30.1 Å². The summed E-state index contributed by atoms with van der Waals surface area (Å²) in [6.45, 7) is 2.69. The van der Waals surface area contributed by atoms with Crippen LogP contribution in [0, 0.1) is 0 Å². The third-order valence-corrected chi connectivity index (χ3v) is 3.40. The first kappa shape index (κ1) is 11.3. The SMILES string of the molecule is Cl.NC1CCC(N2CCCC2)CC1. The molecular weight excluding hydrogens is 184 g/mol. The maximum absolute atomic E-state index is 5.88. The van der Waals surface area contributed by atoms with Crippen LogP contribution in [0.2, 0.25) is 0 Å². The summed E-state index contributed by atoms with van der Waals surface area (Å²) in [5, 5.41) is 0. The van der Waals surface area contributed by atoms with Crippen molar-refractivity contribution in [3.05, 3.63) is 0 Å². The lowest BCUT2D eigenvalue weighted by Crippen LogP contribution is -2.39. The first-order chi connectivity index (χ1) is 5.86. The average Bonchev–Trinajstić information content (AvgIpc) is 2.58. The van der Waals surface area contributed by atoms with Crippen LogP contribution in [0.5, 0.6) is 0 Å². The van der Waals surface area contributed by atoms with Crippen molar-refractivity contribution in [3.8, 4) is 0 Å². The van der Waals surface area contributed by atoms with Crippen molar-refractivity contribution in [2.45, 2.75) is 50.6 Å². The molecule has 0 bridgehead atoms. The Morgan fingerprint density at radius 2 is 1.46 bits per heavy atom. The zero-order valence-electron chi connectivity index (χ0n) is 8.24. The second-order valence-corrected chi connectivity index (χ2v) is 4.31. The summed E-state index contributed by atoms with van der Waals surface area (Å²) in [6.07, 6.45) is 8.04. The minimum atomic E-state index is 0. The summed E-state index contributed by atoms with van der Waals surface area (Å²) in [5.41, 5.74) is 5.88. The van der Waals surface area contributed by atoms with E-state index in [0.29, 0.717) is 6.04 Å². The second-order valence-electron chi connectivity index (χ2n) is 4.31. The second kappa shape index (κ2) is 5.18. The van der Waals surface area contributed by atoms with Crippen molar-refractivity contribution in [2.75, 3.05) is 13.1 Å². The maximum Gasteiger partial charge on any atom is 0.00964 e. The van der Waals surface area contributed by atoms with E-state index in [1.165, 1.54) is 51.6 Å². The van der Waals surface area contributed by atoms with Gasteiger partial charge in [0.2, 0.25) is 0 Å². The highest BCUT2D eigenvalue weighted by Crippen LogP contribution is 2.24. The molecule has 2 aliphatic rings. The Hall–Kier alpha value is 0.210. The summed E-state index contributed by atoms with van der Waals surface area (Å²) in [4.78, 5) is 2.67. The first-order valence-corrected chi connectivity index (χ1v) is 5.36. The van der Waals surface area contributed by atoms with Crippen LogP contribution in [0.25, 0.3) is 0 Å². The fourth-order valence-corrected chi connectivity index (χ4v) is 2.57. The summed E-state index contributed by atoms with van der Waals surface area (Å²) in [5.74, 6) is 0. The Morgan fingerprint density at radius 1 is 0.923 bits per heavy atom. The molecule has 0 aromatic heterocycles. The van der Waals surface area contributed by atoms with Gasteiger partial charge in [0, 0.05) is 12.1 Å². The van der Waals surface area contributed by atoms with Gasteiger partial charge in [0.05, 0.1) is 0 Å². The van der Waals surface area contributed by atoms with Gasteiger partial charge in [-0.1, -0.05) is 0 Å². The third kappa shape index (κ3) is 2.83. The third-order valence-electron chi connectivity index (χ3n) is 3.40. The van der Waals surface area contributed by atoms with Gasteiger partial charge in [0.15, 0.2) is 0 Å². The Morgan fingerprint density at radius 3 is 2.00 bits per heavy atom. The summed E-state index contributed by atoms with van der Waals surface area (Å²) < 4.78 is 0. The molecule has 2 rings (SSSR count). The lowest BCUT2D eigenvalue weighted by atomic mass is 9.91. The molecular formula is C10H21ClN2. The number of rotatable bonds is 1. The molecule has 1 aliphatic heterocycles. The van der Waals surface area contributed by atoms with Gasteiger partial charge in [-0.15, -0.1) is 12.4 Å². The molecule has 2 fully saturated rings. The van der Waals surface area contributed by atoms with Gasteiger partial charge in [-0.25, -0.2) is 0 Å². The number of hydrogen-bond acceptors (Lipinski definition) is 2. The smallest absolute Gasteiger partial charge is 0.00964 e. The maximum atomic E-state index is 5.88. The number of likely N-dealkylation sites (tertiary alicyclic amines) is 1. The fourth-order valence-electron chi connectivity index (χ4n) is 2.57. The monoisotopic (exact) mass is 204 g/mol. The molecule has 0 atom stereocenters. The average molecular weight is 205 g/mol. The van der Waals surface area contributed by atoms with Crippen LogP contribution in [-0.2, 0) is 0 Å². The zero-order valence-corrected chi connectivity index (χ0v) is 9.06. The molecule has 0 spiro atoms. The molecule has 0 aromatic carbocycles. The summed E-state index contributed by atoms with van der Waals surface area (Å²) in [6, 6.07) is 1.39. The highest BCUT2D eigenvalue weighted by atomic mass is 35.5. The zero-order chi connectivity index (χ0) is 8.39. The van der Waals surface area contributed by atoms with Crippen molar-refractivity contribution >= 4 is 12.4 Å². The largest absolute Gasteiger partial charge is 0.328 e. The first-order valence-electron chi connectivity index (χ1n) is 5.36. The van der Waals surface area contributed by atoms with E-state index < -0.39 is 0 Å². The molecule has 0 amide bonds. The molecule has 2 nitrogen and oxygen atoms in total. The lowest BCUT2D eigenvalue weighted by Gasteiger charge is -2.33. The Labute approximate surface area is 87.3 Å². The quantitative estimate of drug-likeness (QED) is 0.706. The molecule has 1 heterocycles. The standard InChI is InChI=1S/C10H20N2.ClH/c11-9-3-5-10(6-4-9)12-7-1-2-8-12;/h9-10H,1-8,11H2;1H. The predicted molar refractivity (Wildman–Crippen MR) is 58.3 cm³/mol.